The van der Waals surface area contributed by atoms with Crippen molar-refractivity contribution < 1.29 is 14.3 Å². The number of aromatic nitrogens is 2. The van der Waals surface area contributed by atoms with Crippen molar-refractivity contribution in [3.05, 3.63) is 30.1 Å². The van der Waals surface area contributed by atoms with Gasteiger partial charge >= 0.3 is 5.97 Å². The molecule has 1 amide bonds. The van der Waals surface area contributed by atoms with Crippen molar-refractivity contribution in [2.24, 2.45) is 5.41 Å². The first kappa shape index (κ1) is 17.0. The average Bonchev–Trinajstić information content (AvgIpc) is 2.82. The number of fused-ring (bicyclic) bond motifs is 1. The van der Waals surface area contributed by atoms with Gasteiger partial charge in [0.05, 0.1) is 24.2 Å². The molecule has 0 radical (unpaired) electrons. The molecule has 0 unspecified atom stereocenters. The monoisotopic (exact) mass is 317 g/mol. The Bertz CT molecular complexity index is 713. The van der Waals surface area contributed by atoms with Crippen molar-refractivity contribution in [1.82, 2.24) is 14.9 Å². The van der Waals surface area contributed by atoms with Crippen molar-refractivity contribution >= 4 is 22.9 Å². The first-order valence-corrected chi connectivity index (χ1v) is 7.71. The first-order chi connectivity index (χ1) is 10.8. The highest BCUT2D eigenvalue weighted by atomic mass is 16.5. The number of nitrogens with zero attached hydrogens (tertiary/aromatic N) is 2. The summed E-state index contributed by atoms with van der Waals surface area (Å²) in [6.07, 6.45) is 0. The Hall–Kier alpha value is -2.37. The third-order valence-corrected chi connectivity index (χ3v) is 3.41. The van der Waals surface area contributed by atoms with Gasteiger partial charge in [-0.1, -0.05) is 32.9 Å². The van der Waals surface area contributed by atoms with Crippen LogP contribution in [-0.4, -0.2) is 28.0 Å². The average molecular weight is 317 g/mol. The number of hydrogen-bond acceptors (Lipinski definition) is 4. The van der Waals surface area contributed by atoms with Gasteiger partial charge in [0.15, 0.2) is 0 Å². The van der Waals surface area contributed by atoms with Crippen molar-refractivity contribution in [1.29, 1.82) is 0 Å². The van der Waals surface area contributed by atoms with Gasteiger partial charge in [-0.15, -0.1) is 0 Å². The minimum Gasteiger partial charge on any atom is -0.465 e. The summed E-state index contributed by atoms with van der Waals surface area (Å²) < 4.78 is 6.81. The molecule has 0 aliphatic rings. The van der Waals surface area contributed by atoms with Crippen LogP contribution in [0, 0.1) is 5.41 Å². The number of esters is 1. The summed E-state index contributed by atoms with van der Waals surface area (Å²) in [5.41, 5.74) is 1.16. The lowest BCUT2D eigenvalue weighted by atomic mass is 9.96. The third-order valence-electron chi connectivity index (χ3n) is 3.41. The number of carbonyl (C=O) groups excluding carboxylic acids is 2. The molecule has 0 atom stereocenters. The maximum absolute atomic E-state index is 12.0. The quantitative estimate of drug-likeness (QED) is 0.859. The number of amides is 1. The van der Waals surface area contributed by atoms with Gasteiger partial charge in [-0.25, -0.2) is 4.98 Å². The van der Waals surface area contributed by atoms with E-state index in [1.165, 1.54) is 0 Å². The van der Waals surface area contributed by atoms with Crippen LogP contribution in [0.1, 0.15) is 33.5 Å². The minimum atomic E-state index is -0.474. The van der Waals surface area contributed by atoms with Crippen LogP contribution < -0.4 is 5.32 Å². The summed E-state index contributed by atoms with van der Waals surface area (Å²) in [6.45, 7) is 8.01. The second-order valence-electron chi connectivity index (χ2n) is 6.34. The Morgan fingerprint density at radius 1 is 1.26 bits per heavy atom. The molecule has 2 aromatic rings. The van der Waals surface area contributed by atoms with Crippen LogP contribution in [0.4, 0.5) is 0 Å². The normalized spacial score (nSPS) is 11.5. The summed E-state index contributed by atoms with van der Waals surface area (Å²) in [6, 6.07) is 7.56. The molecule has 2 rings (SSSR count). The van der Waals surface area contributed by atoms with Gasteiger partial charge in [-0.05, 0) is 19.1 Å². The standard InChI is InChI=1S/C17H23N3O3/c1-5-23-15(21)11-20-13-9-7-6-8-12(13)19-14(20)10-18-16(22)17(2,3)4/h6-9H,5,10-11H2,1-4H3,(H,18,22). The molecule has 6 nitrogen and oxygen atoms in total. The van der Waals surface area contributed by atoms with E-state index in [4.69, 9.17) is 4.74 Å². The largest absolute Gasteiger partial charge is 0.465 e. The molecule has 0 saturated carbocycles. The number of ether oxygens (including phenoxy) is 1. The van der Waals surface area contributed by atoms with Crippen LogP contribution >= 0.6 is 0 Å². The minimum absolute atomic E-state index is 0.0627. The molecule has 1 aromatic heterocycles. The van der Waals surface area contributed by atoms with Gasteiger partial charge in [0.1, 0.15) is 12.4 Å². The van der Waals surface area contributed by atoms with E-state index < -0.39 is 5.41 Å². The van der Waals surface area contributed by atoms with Crippen LogP contribution in [0.5, 0.6) is 0 Å². The van der Waals surface area contributed by atoms with Crippen molar-refractivity contribution in [3.63, 3.8) is 0 Å². The molecule has 23 heavy (non-hydrogen) atoms. The van der Waals surface area contributed by atoms with Gasteiger partial charge in [0, 0.05) is 5.41 Å². The SMILES string of the molecule is CCOC(=O)Cn1c(CNC(=O)C(C)(C)C)nc2ccccc21. The summed E-state index contributed by atoms with van der Waals surface area (Å²) in [5.74, 6) is 0.253. The van der Waals surface area contributed by atoms with E-state index in [1.54, 1.807) is 11.5 Å². The highest BCUT2D eigenvalue weighted by molar-refractivity contribution is 5.82. The molecule has 0 fully saturated rings. The molecule has 0 aliphatic carbocycles. The fourth-order valence-electron chi connectivity index (χ4n) is 2.20. The van der Waals surface area contributed by atoms with Crippen molar-refractivity contribution in [2.45, 2.75) is 40.8 Å². The molecule has 1 heterocycles. The van der Waals surface area contributed by atoms with Crippen LogP contribution in [-0.2, 0) is 27.4 Å². The Morgan fingerprint density at radius 3 is 2.61 bits per heavy atom. The molecule has 124 valence electrons. The number of benzene rings is 1. The number of imidazole rings is 1. The molecular weight excluding hydrogens is 294 g/mol. The summed E-state index contributed by atoms with van der Waals surface area (Å²) in [7, 11) is 0. The molecule has 0 aliphatic heterocycles. The number of hydrogen-bond donors (Lipinski definition) is 1. The fourth-order valence-corrected chi connectivity index (χ4v) is 2.20. The maximum atomic E-state index is 12.0. The van der Waals surface area contributed by atoms with Gasteiger partial charge in [0.2, 0.25) is 5.91 Å². The number of para-hydroxylation sites is 2. The second-order valence-corrected chi connectivity index (χ2v) is 6.34. The van der Waals surface area contributed by atoms with Crippen molar-refractivity contribution in [3.8, 4) is 0 Å². The molecule has 0 saturated heterocycles. The Kier molecular flexibility index (Phi) is 5.03. The summed E-state index contributed by atoms with van der Waals surface area (Å²) in [4.78, 5) is 28.4. The maximum Gasteiger partial charge on any atom is 0.326 e. The van der Waals surface area contributed by atoms with E-state index in [1.807, 2.05) is 45.0 Å². The van der Waals surface area contributed by atoms with Crippen LogP contribution in [0.2, 0.25) is 0 Å². The number of rotatable bonds is 5. The Labute approximate surface area is 135 Å². The molecule has 0 bridgehead atoms. The zero-order chi connectivity index (χ0) is 17.0. The van der Waals surface area contributed by atoms with Crippen LogP contribution in [0.25, 0.3) is 11.0 Å². The zero-order valence-corrected chi connectivity index (χ0v) is 14.0. The molecule has 1 aromatic carbocycles. The topological polar surface area (TPSA) is 73.2 Å². The Morgan fingerprint density at radius 2 is 1.96 bits per heavy atom. The second kappa shape index (κ2) is 6.81. The predicted molar refractivity (Wildman–Crippen MR) is 87.7 cm³/mol. The van der Waals surface area contributed by atoms with Gasteiger partial charge < -0.3 is 14.6 Å². The van der Waals surface area contributed by atoms with Gasteiger partial charge in [0.25, 0.3) is 0 Å². The van der Waals surface area contributed by atoms with E-state index >= 15 is 0 Å². The van der Waals surface area contributed by atoms with E-state index in [0.717, 1.165) is 11.0 Å². The van der Waals surface area contributed by atoms with Crippen LogP contribution in [0.3, 0.4) is 0 Å². The van der Waals surface area contributed by atoms with E-state index in [9.17, 15) is 9.59 Å². The van der Waals surface area contributed by atoms with Gasteiger partial charge in [-0.2, -0.15) is 0 Å². The zero-order valence-electron chi connectivity index (χ0n) is 14.0. The lowest BCUT2D eigenvalue weighted by Gasteiger charge is -2.17. The lowest BCUT2D eigenvalue weighted by molar-refractivity contribution is -0.143. The third kappa shape index (κ3) is 4.09. The highest BCUT2D eigenvalue weighted by Crippen LogP contribution is 2.17. The van der Waals surface area contributed by atoms with Crippen LogP contribution in [0.15, 0.2) is 24.3 Å². The molecule has 1 N–H and O–H groups in total. The molecule has 6 heteroatoms. The van der Waals surface area contributed by atoms with Crippen molar-refractivity contribution in [2.75, 3.05) is 6.61 Å². The summed E-state index contributed by atoms with van der Waals surface area (Å²) >= 11 is 0. The molecule has 0 spiro atoms. The number of nitrogens with one attached hydrogen (secondary N) is 1. The smallest absolute Gasteiger partial charge is 0.326 e. The first-order valence-electron chi connectivity index (χ1n) is 7.71. The Balaban J connectivity index is 2.27. The fraction of sp³-hybridized carbons (Fsp3) is 0.471. The van der Waals surface area contributed by atoms with E-state index in [2.05, 4.69) is 10.3 Å². The highest BCUT2D eigenvalue weighted by Gasteiger charge is 2.22. The summed E-state index contributed by atoms with van der Waals surface area (Å²) in [5, 5.41) is 2.87. The van der Waals surface area contributed by atoms with E-state index in [0.29, 0.717) is 12.4 Å². The predicted octanol–water partition coefficient (Wildman–Crippen LogP) is 2.26. The number of carbonyl (C=O) groups is 2. The van der Waals surface area contributed by atoms with Gasteiger partial charge in [-0.3, -0.25) is 9.59 Å². The molecular formula is C17H23N3O3. The lowest BCUT2D eigenvalue weighted by Crippen LogP contribution is -2.35. The van der Waals surface area contributed by atoms with E-state index in [-0.39, 0.29) is 25.0 Å².